The van der Waals surface area contributed by atoms with Gasteiger partial charge in [0, 0.05) is 0 Å². The van der Waals surface area contributed by atoms with E-state index in [0.717, 1.165) is 49.7 Å². The molecular weight excluding hydrogens is 465 g/mol. The van der Waals surface area contributed by atoms with E-state index in [0.29, 0.717) is 0 Å². The fourth-order valence-corrected chi connectivity index (χ4v) is 20.3. The zero-order valence-corrected chi connectivity index (χ0v) is 22.7. The van der Waals surface area contributed by atoms with Gasteiger partial charge in [0.15, 0.2) is 0 Å². The Morgan fingerprint density at radius 2 is 1.25 bits per heavy atom. The second kappa shape index (κ2) is 12.8. The third-order valence-electron chi connectivity index (χ3n) is 7.43. The molecule has 0 aliphatic heterocycles. The van der Waals surface area contributed by atoms with Gasteiger partial charge in [0.1, 0.15) is 0 Å². The van der Waals surface area contributed by atoms with Crippen molar-refractivity contribution >= 4 is 25.2 Å². The molecule has 0 unspecified atom stereocenters. The molecule has 0 bridgehead atoms. The van der Waals surface area contributed by atoms with Crippen molar-refractivity contribution in [3.05, 3.63) is 35.4 Å². The zero-order valence-electron chi connectivity index (χ0n) is 20.6. The molecule has 5 nitrogen and oxygen atoms in total. The molecule has 1 aromatic rings. The monoisotopic (exact) mass is 508 g/mol. The molecule has 1 aliphatic carbocycles. The molecule has 180 valence electrons. The fraction of sp³-hybridized carbons (Fsp3) is 0.692. The van der Waals surface area contributed by atoms with Gasteiger partial charge in [0.2, 0.25) is 0 Å². The summed E-state index contributed by atoms with van der Waals surface area (Å²) >= 11 is -2.78. The molecule has 0 radical (unpaired) electrons. The van der Waals surface area contributed by atoms with Crippen LogP contribution >= 0.6 is 0 Å². The number of ether oxygens (including phenoxy) is 2. The van der Waals surface area contributed by atoms with Crippen LogP contribution in [-0.4, -0.2) is 44.5 Å². The Kier molecular flexibility index (Phi) is 10.8. The van der Waals surface area contributed by atoms with Crippen molar-refractivity contribution in [2.75, 3.05) is 14.2 Å². The maximum atomic E-state index is 13.3. The van der Waals surface area contributed by atoms with E-state index < -0.39 is 43.1 Å². The van der Waals surface area contributed by atoms with Gasteiger partial charge in [-0.3, -0.25) is 0 Å². The molecule has 1 N–H and O–H groups in total. The number of hydrogen-bond donors (Lipinski definition) is 1. The molecule has 4 atom stereocenters. The summed E-state index contributed by atoms with van der Waals surface area (Å²) in [6, 6.07) is 7.90. The number of aliphatic hydroxyl groups is 1. The van der Waals surface area contributed by atoms with Crippen molar-refractivity contribution in [3.63, 3.8) is 0 Å². The molecule has 0 heterocycles. The van der Waals surface area contributed by atoms with Crippen molar-refractivity contribution in [1.29, 1.82) is 0 Å². The van der Waals surface area contributed by atoms with E-state index in [2.05, 4.69) is 26.8 Å². The van der Waals surface area contributed by atoms with Gasteiger partial charge in [-0.15, -0.1) is 0 Å². The average Bonchev–Trinajstić information content (AvgIpc) is 2.83. The van der Waals surface area contributed by atoms with Crippen LogP contribution in [-0.2, 0) is 19.1 Å². The Balaban J connectivity index is 2.80. The molecule has 0 saturated carbocycles. The Hall–Kier alpha value is -1.34. The Bertz CT molecular complexity index is 728. The minimum absolute atomic E-state index is 0.0178. The van der Waals surface area contributed by atoms with Crippen molar-refractivity contribution in [2.45, 2.75) is 85.9 Å². The number of fused-ring (bicyclic) bond motifs is 1. The second-order valence-electron chi connectivity index (χ2n) is 9.32. The van der Waals surface area contributed by atoms with Gasteiger partial charge >= 0.3 is 197 Å². The fourth-order valence-electron chi connectivity index (χ4n) is 5.82. The normalized spacial score (nSPS) is 22.8. The average molecular weight is 507 g/mol. The molecule has 0 saturated heterocycles. The number of benzene rings is 1. The van der Waals surface area contributed by atoms with Crippen molar-refractivity contribution < 1.29 is 24.2 Å². The molecule has 0 aromatic heterocycles. The quantitative estimate of drug-likeness (QED) is 0.287. The Morgan fingerprint density at radius 1 is 0.812 bits per heavy atom. The van der Waals surface area contributed by atoms with E-state index in [9.17, 15) is 14.7 Å². The summed E-state index contributed by atoms with van der Waals surface area (Å²) < 4.78 is 10.4. The van der Waals surface area contributed by atoms with Gasteiger partial charge in [0.05, 0.1) is 0 Å². The van der Waals surface area contributed by atoms with Crippen LogP contribution in [0.5, 0.6) is 0 Å². The van der Waals surface area contributed by atoms with Crippen LogP contribution in [0.15, 0.2) is 24.3 Å². The van der Waals surface area contributed by atoms with Crippen LogP contribution in [0.25, 0.3) is 0 Å². The minimum atomic E-state index is -2.78. The van der Waals surface area contributed by atoms with Gasteiger partial charge in [-0.1, -0.05) is 0 Å². The Morgan fingerprint density at radius 3 is 1.69 bits per heavy atom. The molecule has 6 heteroatoms. The number of hydrogen-bond acceptors (Lipinski definition) is 5. The van der Waals surface area contributed by atoms with Crippen LogP contribution in [0.4, 0.5) is 0 Å². The molecule has 32 heavy (non-hydrogen) atoms. The van der Waals surface area contributed by atoms with Gasteiger partial charge in [-0.25, -0.2) is 0 Å². The summed E-state index contributed by atoms with van der Waals surface area (Å²) in [5, 5.41) is 14.8. The molecule has 0 fully saturated rings. The predicted octanol–water partition coefficient (Wildman–Crippen LogP) is 5.78. The third-order valence-corrected chi connectivity index (χ3v) is 20.1. The predicted molar refractivity (Wildman–Crippen MR) is 130 cm³/mol. The first-order chi connectivity index (χ1) is 15.4. The number of rotatable bonds is 12. The number of methoxy groups -OCH3 is 2. The van der Waals surface area contributed by atoms with Crippen molar-refractivity contribution in [1.82, 2.24) is 0 Å². The molecule has 1 aromatic carbocycles. The number of carbonyl (C=O) groups is 2. The zero-order chi connectivity index (χ0) is 23.7. The molecule has 2 rings (SSSR count). The second-order valence-corrected chi connectivity index (χ2v) is 19.5. The van der Waals surface area contributed by atoms with Crippen LogP contribution in [0, 0.1) is 11.8 Å². The van der Waals surface area contributed by atoms with Crippen LogP contribution in [0.2, 0.25) is 15.8 Å². The van der Waals surface area contributed by atoms with E-state index in [1.54, 1.807) is 0 Å². The topological polar surface area (TPSA) is 72.8 Å². The van der Waals surface area contributed by atoms with E-state index in [1.165, 1.54) is 30.0 Å². The summed E-state index contributed by atoms with van der Waals surface area (Å²) in [7, 11) is 2.72. The number of unbranched alkanes of at least 4 members (excludes halogenated alkanes) is 3. The standard InChI is InChI=1S/C26H42GeO5/c1-6-9-16-27(17-10-7-2,18-11-8-3)23-19-14-12-13-15-20(19)24(28)22(26(30)32-5)21(23)25(29)31-4/h12-15,21-24,28H,6-11,16-18H2,1-5H3/t21-,22-,23+,24-/m0/s1. The summed E-state index contributed by atoms with van der Waals surface area (Å²) in [6.45, 7) is 6.67. The van der Waals surface area contributed by atoms with Gasteiger partial charge in [-0.05, 0) is 0 Å². The van der Waals surface area contributed by atoms with E-state index in [1.807, 2.05) is 18.2 Å². The number of aliphatic hydroxyl groups excluding tert-OH is 1. The first kappa shape index (κ1) is 26.9. The molecule has 0 spiro atoms. The van der Waals surface area contributed by atoms with Crippen molar-refractivity contribution in [3.8, 4) is 0 Å². The van der Waals surface area contributed by atoms with E-state index >= 15 is 0 Å². The van der Waals surface area contributed by atoms with Crippen LogP contribution in [0.1, 0.15) is 81.3 Å². The summed E-state index contributed by atoms with van der Waals surface area (Å²) in [6.07, 6.45) is 5.72. The summed E-state index contributed by atoms with van der Waals surface area (Å²) in [5.41, 5.74) is 1.85. The van der Waals surface area contributed by atoms with Crippen LogP contribution in [0.3, 0.4) is 0 Å². The van der Waals surface area contributed by atoms with E-state index in [-0.39, 0.29) is 4.75 Å². The van der Waals surface area contributed by atoms with Gasteiger partial charge in [0.25, 0.3) is 0 Å². The SMILES string of the molecule is CCC[CH2][Ge]([CH2]CCC)([CH2]CCC)[C@@H]1c2ccccc2[C@H](O)[C@@H](C(=O)OC)[C@@H]1C(=O)OC. The Labute approximate surface area is 196 Å². The molecule has 0 amide bonds. The maximum absolute atomic E-state index is 13.3. The van der Waals surface area contributed by atoms with Crippen LogP contribution < -0.4 is 0 Å². The van der Waals surface area contributed by atoms with Crippen molar-refractivity contribution in [2.24, 2.45) is 11.8 Å². The first-order valence-electron chi connectivity index (χ1n) is 12.3. The van der Waals surface area contributed by atoms with Gasteiger partial charge < -0.3 is 0 Å². The molecular formula is C26H42GeO5. The summed E-state index contributed by atoms with van der Waals surface area (Å²) in [4.78, 5) is 26.3. The summed E-state index contributed by atoms with van der Waals surface area (Å²) in [5.74, 6) is -2.53. The first-order valence-corrected chi connectivity index (χ1v) is 18.0. The van der Waals surface area contributed by atoms with E-state index in [4.69, 9.17) is 9.47 Å². The molecule has 1 aliphatic rings. The number of carbonyl (C=O) groups excluding carboxylic acids is 2. The van der Waals surface area contributed by atoms with Gasteiger partial charge in [-0.2, -0.15) is 0 Å². The third kappa shape index (κ3) is 5.59. The number of esters is 2.